The number of anilines is 2. The quantitative estimate of drug-likeness (QED) is 0.670. The Labute approximate surface area is 121 Å². The summed E-state index contributed by atoms with van der Waals surface area (Å²) in [5.41, 5.74) is 7.08. The second kappa shape index (κ2) is 6.35. The van der Waals surface area contributed by atoms with E-state index in [1.165, 1.54) is 30.4 Å². The van der Waals surface area contributed by atoms with E-state index in [1.807, 2.05) is 6.07 Å². The summed E-state index contributed by atoms with van der Waals surface area (Å²) in [7, 11) is 0. The minimum Gasteiger partial charge on any atom is -0.396 e. The van der Waals surface area contributed by atoms with Gasteiger partial charge in [-0.2, -0.15) is 5.26 Å². The van der Waals surface area contributed by atoms with E-state index < -0.39 is 5.82 Å². The number of nitrogens with one attached hydrogen (secondary N) is 1. The van der Waals surface area contributed by atoms with Gasteiger partial charge in [0.15, 0.2) is 0 Å². The van der Waals surface area contributed by atoms with Gasteiger partial charge in [-0.15, -0.1) is 0 Å². The van der Waals surface area contributed by atoms with E-state index in [1.54, 1.807) is 24.3 Å². The van der Waals surface area contributed by atoms with Gasteiger partial charge in [-0.25, -0.2) is 4.39 Å². The summed E-state index contributed by atoms with van der Waals surface area (Å²) in [5, 5.41) is 11.4. The van der Waals surface area contributed by atoms with Crippen LogP contribution in [-0.4, -0.2) is 5.91 Å². The smallest absolute Gasteiger partial charge is 0.248 e. The second-order valence-corrected chi connectivity index (χ2v) is 4.30. The van der Waals surface area contributed by atoms with Crippen molar-refractivity contribution < 1.29 is 9.18 Å². The molecule has 0 aliphatic carbocycles. The Morgan fingerprint density at radius 2 is 2.10 bits per heavy atom. The zero-order valence-corrected chi connectivity index (χ0v) is 11.0. The Balaban J connectivity index is 2.05. The summed E-state index contributed by atoms with van der Waals surface area (Å²) in [6, 6.07) is 12.8. The van der Waals surface area contributed by atoms with Gasteiger partial charge in [0.05, 0.1) is 17.3 Å². The van der Waals surface area contributed by atoms with Crippen LogP contribution in [0.4, 0.5) is 15.8 Å². The van der Waals surface area contributed by atoms with Crippen molar-refractivity contribution in [2.24, 2.45) is 0 Å². The summed E-state index contributed by atoms with van der Waals surface area (Å²) in [5.74, 6) is -0.849. The van der Waals surface area contributed by atoms with Gasteiger partial charge in [-0.1, -0.05) is 12.1 Å². The van der Waals surface area contributed by atoms with Crippen molar-refractivity contribution in [3.05, 3.63) is 65.5 Å². The molecule has 0 aromatic heterocycles. The third kappa shape index (κ3) is 3.91. The van der Waals surface area contributed by atoms with Crippen molar-refractivity contribution in [3.63, 3.8) is 0 Å². The van der Waals surface area contributed by atoms with Crippen LogP contribution in [0.5, 0.6) is 0 Å². The molecule has 2 aromatic rings. The SMILES string of the molecule is N#Cc1cccc(NC(=O)/C=C/c2ccc(F)c(N)c2)c1. The molecule has 21 heavy (non-hydrogen) atoms. The van der Waals surface area contributed by atoms with Gasteiger partial charge < -0.3 is 11.1 Å². The summed E-state index contributed by atoms with van der Waals surface area (Å²) in [4.78, 5) is 11.8. The first kappa shape index (κ1) is 14.3. The summed E-state index contributed by atoms with van der Waals surface area (Å²) >= 11 is 0. The predicted molar refractivity (Wildman–Crippen MR) is 79.6 cm³/mol. The van der Waals surface area contributed by atoms with Crippen LogP contribution in [0.1, 0.15) is 11.1 Å². The van der Waals surface area contributed by atoms with Crippen LogP contribution >= 0.6 is 0 Å². The number of nitrogens with zero attached hydrogens (tertiary/aromatic N) is 1. The topological polar surface area (TPSA) is 78.9 Å². The molecular formula is C16H12FN3O. The highest BCUT2D eigenvalue weighted by Gasteiger charge is 2.00. The first-order valence-corrected chi connectivity index (χ1v) is 6.13. The fourth-order valence-corrected chi connectivity index (χ4v) is 1.69. The van der Waals surface area contributed by atoms with Crippen LogP contribution in [0, 0.1) is 17.1 Å². The highest BCUT2D eigenvalue weighted by atomic mass is 19.1. The van der Waals surface area contributed by atoms with Gasteiger partial charge >= 0.3 is 0 Å². The molecule has 0 atom stereocenters. The number of hydrogen-bond acceptors (Lipinski definition) is 3. The van der Waals surface area contributed by atoms with E-state index in [4.69, 9.17) is 11.0 Å². The maximum Gasteiger partial charge on any atom is 0.248 e. The fourth-order valence-electron chi connectivity index (χ4n) is 1.69. The van der Waals surface area contributed by atoms with Crippen LogP contribution in [-0.2, 0) is 4.79 Å². The van der Waals surface area contributed by atoms with Gasteiger partial charge in [-0.05, 0) is 42.0 Å². The molecule has 0 spiro atoms. The first-order valence-electron chi connectivity index (χ1n) is 6.13. The average molecular weight is 281 g/mol. The lowest BCUT2D eigenvalue weighted by Gasteiger charge is -2.02. The number of hydrogen-bond donors (Lipinski definition) is 2. The van der Waals surface area contributed by atoms with Crippen LogP contribution in [0.25, 0.3) is 6.08 Å². The second-order valence-electron chi connectivity index (χ2n) is 4.30. The van der Waals surface area contributed by atoms with Crippen LogP contribution < -0.4 is 11.1 Å². The highest BCUT2D eigenvalue weighted by Crippen LogP contribution is 2.14. The number of carbonyl (C=O) groups excluding carboxylic acids is 1. The van der Waals surface area contributed by atoms with Gasteiger partial charge in [0.1, 0.15) is 5.82 Å². The molecule has 0 unspecified atom stereocenters. The molecule has 0 heterocycles. The molecule has 0 aliphatic rings. The number of amides is 1. The number of nitrogens with two attached hydrogens (primary N) is 1. The molecule has 4 nitrogen and oxygen atoms in total. The van der Waals surface area contributed by atoms with Gasteiger partial charge in [0, 0.05) is 11.8 Å². The first-order chi connectivity index (χ1) is 10.1. The molecule has 0 bridgehead atoms. The van der Waals surface area contributed by atoms with Crippen LogP contribution in [0.2, 0.25) is 0 Å². The van der Waals surface area contributed by atoms with Crippen molar-refractivity contribution in [1.82, 2.24) is 0 Å². The van der Waals surface area contributed by atoms with Crippen molar-refractivity contribution in [2.45, 2.75) is 0 Å². The monoisotopic (exact) mass is 281 g/mol. The lowest BCUT2D eigenvalue weighted by atomic mass is 10.2. The molecule has 0 aliphatic heterocycles. The maximum absolute atomic E-state index is 13.0. The third-order valence-electron chi connectivity index (χ3n) is 2.71. The fraction of sp³-hybridized carbons (Fsp3) is 0. The van der Waals surface area contributed by atoms with E-state index in [-0.39, 0.29) is 11.6 Å². The Hall–Kier alpha value is -3.13. The van der Waals surface area contributed by atoms with E-state index in [0.29, 0.717) is 16.8 Å². The number of benzene rings is 2. The zero-order valence-electron chi connectivity index (χ0n) is 11.0. The Morgan fingerprint density at radius 1 is 1.29 bits per heavy atom. The molecule has 0 saturated heterocycles. The van der Waals surface area contributed by atoms with Crippen molar-refractivity contribution in [3.8, 4) is 6.07 Å². The summed E-state index contributed by atoms with van der Waals surface area (Å²) in [6.07, 6.45) is 2.84. The predicted octanol–water partition coefficient (Wildman–Crippen LogP) is 2.93. The van der Waals surface area contributed by atoms with E-state index in [9.17, 15) is 9.18 Å². The minimum atomic E-state index is -0.495. The van der Waals surface area contributed by atoms with Crippen molar-refractivity contribution in [1.29, 1.82) is 5.26 Å². The summed E-state index contributed by atoms with van der Waals surface area (Å²) in [6.45, 7) is 0. The molecule has 0 saturated carbocycles. The molecule has 3 N–H and O–H groups in total. The molecule has 0 fully saturated rings. The Bertz CT molecular complexity index is 747. The van der Waals surface area contributed by atoms with E-state index in [2.05, 4.69) is 5.32 Å². The molecule has 1 amide bonds. The molecule has 104 valence electrons. The lowest BCUT2D eigenvalue weighted by molar-refractivity contribution is -0.111. The highest BCUT2D eigenvalue weighted by molar-refractivity contribution is 6.02. The van der Waals surface area contributed by atoms with Crippen LogP contribution in [0.15, 0.2) is 48.5 Å². The standard InChI is InChI=1S/C16H12FN3O/c17-14-6-4-11(9-15(14)19)5-7-16(21)20-13-3-1-2-12(8-13)10-18/h1-9H,19H2,(H,20,21)/b7-5+. The Kier molecular flexibility index (Phi) is 4.32. The van der Waals surface area contributed by atoms with Gasteiger partial charge in [-0.3, -0.25) is 4.79 Å². The number of nitriles is 1. The van der Waals surface area contributed by atoms with Gasteiger partial charge in [0.2, 0.25) is 5.91 Å². The van der Waals surface area contributed by atoms with E-state index >= 15 is 0 Å². The lowest BCUT2D eigenvalue weighted by Crippen LogP contribution is -2.07. The molecule has 2 aromatic carbocycles. The number of rotatable bonds is 3. The Morgan fingerprint density at radius 3 is 2.81 bits per heavy atom. The van der Waals surface area contributed by atoms with Gasteiger partial charge in [0.25, 0.3) is 0 Å². The largest absolute Gasteiger partial charge is 0.396 e. The van der Waals surface area contributed by atoms with Crippen LogP contribution in [0.3, 0.4) is 0 Å². The molecular weight excluding hydrogens is 269 g/mol. The molecule has 5 heteroatoms. The summed E-state index contributed by atoms with van der Waals surface area (Å²) < 4.78 is 13.0. The number of halogens is 1. The molecule has 2 rings (SSSR count). The third-order valence-corrected chi connectivity index (χ3v) is 2.71. The average Bonchev–Trinajstić information content (AvgIpc) is 2.48. The zero-order chi connectivity index (χ0) is 15.2. The number of carbonyl (C=O) groups is 1. The normalized spacial score (nSPS) is 10.3. The van der Waals surface area contributed by atoms with E-state index in [0.717, 1.165) is 0 Å². The van der Waals surface area contributed by atoms with Crippen molar-refractivity contribution in [2.75, 3.05) is 11.1 Å². The molecule has 0 radical (unpaired) electrons. The maximum atomic E-state index is 13.0. The van der Waals surface area contributed by atoms with Crippen molar-refractivity contribution >= 4 is 23.4 Å². The number of nitrogen functional groups attached to an aromatic ring is 1. The minimum absolute atomic E-state index is 0.0271.